The van der Waals surface area contributed by atoms with Crippen molar-refractivity contribution in [3.63, 3.8) is 0 Å². The van der Waals surface area contributed by atoms with Crippen LogP contribution < -0.4 is 10.1 Å². The van der Waals surface area contributed by atoms with Crippen molar-refractivity contribution < 1.29 is 4.74 Å². The number of rotatable bonds is 6. The van der Waals surface area contributed by atoms with Gasteiger partial charge in [0.25, 0.3) is 0 Å². The van der Waals surface area contributed by atoms with Crippen molar-refractivity contribution in [2.75, 3.05) is 6.54 Å². The zero-order valence-corrected chi connectivity index (χ0v) is 12.5. The Morgan fingerprint density at radius 3 is 2.79 bits per heavy atom. The Bertz CT molecular complexity index is 514. The molecule has 2 aromatic rings. The molecule has 1 heterocycles. The second-order valence-corrected chi connectivity index (χ2v) is 5.12. The lowest BCUT2D eigenvalue weighted by Crippen LogP contribution is -2.11. The molecule has 0 atom stereocenters. The van der Waals surface area contributed by atoms with Crippen LogP contribution in [0.15, 0.2) is 47.1 Å². The fourth-order valence-electron chi connectivity index (χ4n) is 1.65. The van der Waals surface area contributed by atoms with Gasteiger partial charge in [-0.25, -0.2) is 4.98 Å². The van der Waals surface area contributed by atoms with Gasteiger partial charge in [0.1, 0.15) is 6.61 Å². The molecule has 0 radical (unpaired) electrons. The first-order valence-corrected chi connectivity index (χ1v) is 7.10. The molecule has 4 heteroatoms. The molecule has 100 valence electrons. The highest BCUT2D eigenvalue weighted by atomic mass is 79.9. The number of hydrogen-bond acceptors (Lipinski definition) is 3. The van der Waals surface area contributed by atoms with Crippen molar-refractivity contribution in [2.45, 2.75) is 20.1 Å². The van der Waals surface area contributed by atoms with E-state index in [9.17, 15) is 0 Å². The molecule has 1 aromatic heterocycles. The molecule has 0 aliphatic heterocycles. The predicted molar refractivity (Wildman–Crippen MR) is 80.1 cm³/mol. The lowest BCUT2D eigenvalue weighted by molar-refractivity contribution is 0.293. The van der Waals surface area contributed by atoms with E-state index in [4.69, 9.17) is 4.74 Å². The number of ether oxygens (including phenoxy) is 1. The van der Waals surface area contributed by atoms with Gasteiger partial charge in [-0.05, 0) is 29.8 Å². The topological polar surface area (TPSA) is 34.1 Å². The summed E-state index contributed by atoms with van der Waals surface area (Å²) in [6.07, 6.45) is 1.85. The van der Waals surface area contributed by atoms with Gasteiger partial charge in [0.15, 0.2) is 0 Å². The molecule has 0 saturated carbocycles. The van der Waals surface area contributed by atoms with Crippen LogP contribution in [0.3, 0.4) is 0 Å². The highest BCUT2D eigenvalue weighted by Gasteiger charge is 1.99. The van der Waals surface area contributed by atoms with Gasteiger partial charge in [-0.15, -0.1) is 0 Å². The molecule has 0 unspecified atom stereocenters. The highest BCUT2D eigenvalue weighted by Crippen LogP contribution is 2.14. The fraction of sp³-hybridized carbons (Fsp3) is 0.267. The van der Waals surface area contributed by atoms with E-state index in [0.29, 0.717) is 12.5 Å². The van der Waals surface area contributed by atoms with Gasteiger partial charge in [-0.1, -0.05) is 41.1 Å². The minimum atomic E-state index is 0.527. The molecule has 0 aliphatic rings. The second-order valence-electron chi connectivity index (χ2n) is 4.20. The summed E-state index contributed by atoms with van der Waals surface area (Å²) in [5.41, 5.74) is 2.28. The van der Waals surface area contributed by atoms with Crippen LogP contribution >= 0.6 is 15.9 Å². The molecule has 19 heavy (non-hydrogen) atoms. The van der Waals surface area contributed by atoms with Crippen LogP contribution in [0.4, 0.5) is 0 Å². The van der Waals surface area contributed by atoms with E-state index < -0.39 is 0 Å². The molecule has 0 fully saturated rings. The van der Waals surface area contributed by atoms with E-state index in [-0.39, 0.29) is 0 Å². The first kappa shape index (κ1) is 14.0. The Morgan fingerprint density at radius 1 is 1.21 bits per heavy atom. The van der Waals surface area contributed by atoms with E-state index in [1.54, 1.807) is 0 Å². The molecule has 1 N–H and O–H groups in total. The molecule has 0 spiro atoms. The van der Waals surface area contributed by atoms with Crippen LogP contribution in [0.5, 0.6) is 5.88 Å². The Morgan fingerprint density at radius 2 is 2.11 bits per heavy atom. The van der Waals surface area contributed by atoms with Crippen LogP contribution in [0.2, 0.25) is 0 Å². The summed E-state index contributed by atoms with van der Waals surface area (Å²) in [6, 6.07) is 12.0. The number of hydrogen-bond donors (Lipinski definition) is 1. The zero-order chi connectivity index (χ0) is 13.5. The van der Waals surface area contributed by atoms with Crippen molar-refractivity contribution >= 4 is 15.9 Å². The monoisotopic (exact) mass is 320 g/mol. The quantitative estimate of drug-likeness (QED) is 0.884. The molecular weight excluding hydrogens is 304 g/mol. The van der Waals surface area contributed by atoms with Crippen LogP contribution in [0.25, 0.3) is 0 Å². The molecule has 0 bridgehead atoms. The zero-order valence-electron chi connectivity index (χ0n) is 10.9. The lowest BCUT2D eigenvalue weighted by atomic mass is 10.2. The van der Waals surface area contributed by atoms with E-state index >= 15 is 0 Å². The van der Waals surface area contributed by atoms with Crippen LogP contribution in [0.1, 0.15) is 18.1 Å². The number of nitrogens with zero attached hydrogens (tertiary/aromatic N) is 1. The summed E-state index contributed by atoms with van der Waals surface area (Å²) >= 11 is 3.44. The van der Waals surface area contributed by atoms with Crippen molar-refractivity contribution in [1.29, 1.82) is 0 Å². The van der Waals surface area contributed by atoms with E-state index in [2.05, 4.69) is 33.2 Å². The van der Waals surface area contributed by atoms with E-state index in [1.807, 2.05) is 42.6 Å². The molecule has 0 aliphatic carbocycles. The first-order chi connectivity index (χ1) is 9.28. The van der Waals surface area contributed by atoms with Gasteiger partial charge in [0.05, 0.1) is 0 Å². The number of halogens is 1. The average molecular weight is 321 g/mol. The third-order valence-corrected chi connectivity index (χ3v) is 3.15. The molecule has 0 amide bonds. The van der Waals surface area contributed by atoms with Crippen molar-refractivity contribution in [1.82, 2.24) is 10.3 Å². The number of benzene rings is 1. The molecule has 2 rings (SSSR count). The van der Waals surface area contributed by atoms with E-state index in [1.165, 1.54) is 0 Å². The largest absolute Gasteiger partial charge is 0.473 e. The minimum absolute atomic E-state index is 0.527. The van der Waals surface area contributed by atoms with Gasteiger partial charge in [0.2, 0.25) is 5.88 Å². The lowest BCUT2D eigenvalue weighted by Gasteiger charge is -2.07. The molecule has 0 saturated heterocycles. The highest BCUT2D eigenvalue weighted by molar-refractivity contribution is 9.10. The summed E-state index contributed by atoms with van der Waals surface area (Å²) in [4.78, 5) is 4.30. The van der Waals surface area contributed by atoms with E-state index in [0.717, 1.165) is 28.7 Å². The van der Waals surface area contributed by atoms with Gasteiger partial charge >= 0.3 is 0 Å². The molecular formula is C15H17BrN2O. The smallest absolute Gasteiger partial charge is 0.213 e. The number of aromatic nitrogens is 1. The summed E-state index contributed by atoms with van der Waals surface area (Å²) in [7, 11) is 0. The standard InChI is InChI=1S/C15H17BrN2O/c1-2-17-9-13-6-7-15(18-10-13)19-11-12-4-3-5-14(16)8-12/h3-8,10,17H,2,9,11H2,1H3. The second kappa shape index (κ2) is 7.26. The maximum absolute atomic E-state index is 5.65. The Labute approximate surface area is 122 Å². The van der Waals surface area contributed by atoms with Crippen molar-refractivity contribution in [3.05, 3.63) is 58.2 Å². The molecule has 1 aromatic carbocycles. The Balaban J connectivity index is 1.89. The number of nitrogens with one attached hydrogen (secondary N) is 1. The average Bonchev–Trinajstić information content (AvgIpc) is 2.44. The van der Waals surface area contributed by atoms with Gasteiger partial charge in [-0.2, -0.15) is 0 Å². The number of pyridine rings is 1. The van der Waals surface area contributed by atoms with Crippen LogP contribution in [-0.2, 0) is 13.2 Å². The minimum Gasteiger partial charge on any atom is -0.473 e. The van der Waals surface area contributed by atoms with Gasteiger partial charge in [0, 0.05) is 23.3 Å². The summed E-state index contributed by atoms with van der Waals surface area (Å²) < 4.78 is 6.71. The first-order valence-electron chi connectivity index (χ1n) is 6.31. The van der Waals surface area contributed by atoms with Crippen molar-refractivity contribution in [3.8, 4) is 5.88 Å². The van der Waals surface area contributed by atoms with Crippen LogP contribution in [-0.4, -0.2) is 11.5 Å². The predicted octanol–water partition coefficient (Wildman–Crippen LogP) is 3.53. The van der Waals surface area contributed by atoms with Gasteiger partial charge in [-0.3, -0.25) is 0 Å². The molecule has 3 nitrogen and oxygen atoms in total. The Hall–Kier alpha value is -1.39. The normalized spacial score (nSPS) is 10.4. The van der Waals surface area contributed by atoms with Gasteiger partial charge < -0.3 is 10.1 Å². The summed E-state index contributed by atoms with van der Waals surface area (Å²) in [6.45, 7) is 4.42. The Kier molecular flexibility index (Phi) is 5.36. The summed E-state index contributed by atoms with van der Waals surface area (Å²) in [5.74, 6) is 0.653. The van der Waals surface area contributed by atoms with Crippen molar-refractivity contribution in [2.24, 2.45) is 0 Å². The maximum Gasteiger partial charge on any atom is 0.213 e. The third-order valence-electron chi connectivity index (χ3n) is 2.65. The third kappa shape index (κ3) is 4.65. The fourth-order valence-corrected chi connectivity index (χ4v) is 2.10. The summed E-state index contributed by atoms with van der Waals surface area (Å²) in [5, 5.41) is 3.26. The van der Waals surface area contributed by atoms with Crippen LogP contribution in [0, 0.1) is 0 Å². The SMILES string of the molecule is CCNCc1ccc(OCc2cccc(Br)c2)nc1. The maximum atomic E-state index is 5.65.